The maximum absolute atomic E-state index is 15.9. The number of hydrogen-bond acceptors (Lipinski definition) is 5. The molecule has 43 heavy (non-hydrogen) atoms. The molecule has 1 aliphatic carbocycles. The largest absolute Gasteiger partial charge is 0.391 e. The van der Waals surface area contributed by atoms with E-state index in [1.54, 1.807) is 13.0 Å². The highest BCUT2D eigenvalue weighted by Crippen LogP contribution is 2.68. The molecule has 6 rings (SSSR count). The summed E-state index contributed by atoms with van der Waals surface area (Å²) in [5.74, 6) is -4.54. The van der Waals surface area contributed by atoms with Gasteiger partial charge in [-0.15, -0.1) is 0 Å². The Bertz CT molecular complexity index is 1460. The molecule has 6 atom stereocenters. The van der Waals surface area contributed by atoms with Crippen LogP contribution in [0.5, 0.6) is 0 Å². The van der Waals surface area contributed by atoms with Crippen LogP contribution < -0.4 is 16.0 Å². The lowest BCUT2D eigenvalue weighted by Gasteiger charge is -2.59. The van der Waals surface area contributed by atoms with E-state index in [2.05, 4.69) is 16.0 Å². The number of hydrogen-bond donors (Lipinski definition) is 4. The van der Waals surface area contributed by atoms with Gasteiger partial charge in [0.15, 0.2) is 0 Å². The topological polar surface area (TPSA) is 99.7 Å². The molecule has 0 bridgehead atoms. The molecule has 4 N–H and O–H groups in total. The fourth-order valence-electron chi connectivity index (χ4n) is 7.96. The highest BCUT2D eigenvalue weighted by molar-refractivity contribution is 6.31. The average molecular weight is 644 g/mol. The molecular weight excluding hydrogens is 613 g/mol. The van der Waals surface area contributed by atoms with E-state index in [0.717, 1.165) is 12.1 Å². The molecule has 2 spiro atoms. The molecule has 1 unspecified atom stereocenters. The molecule has 1 saturated carbocycles. The maximum Gasteiger partial charge on any atom is 0.238 e. The molecule has 2 aromatic rings. The minimum atomic E-state index is -1.79. The van der Waals surface area contributed by atoms with Gasteiger partial charge in [-0.2, -0.15) is 0 Å². The highest BCUT2D eigenvalue weighted by atomic mass is 35.5. The first-order chi connectivity index (χ1) is 20.4. The number of nitrogens with one attached hydrogen (secondary N) is 3. The first-order valence-corrected chi connectivity index (χ1v) is 14.9. The van der Waals surface area contributed by atoms with Gasteiger partial charge >= 0.3 is 0 Å². The molecule has 0 radical (unpaired) electrons. The van der Waals surface area contributed by atoms with E-state index in [-0.39, 0.29) is 25.0 Å². The normalized spacial score (nSPS) is 31.0. The van der Waals surface area contributed by atoms with Crippen LogP contribution in [0.1, 0.15) is 49.7 Å². The highest BCUT2D eigenvalue weighted by Gasteiger charge is 2.78. The number of amides is 2. The fourth-order valence-corrected chi connectivity index (χ4v) is 8.34. The number of halogens is 6. The van der Waals surface area contributed by atoms with Crippen LogP contribution in [0.3, 0.4) is 0 Å². The Kier molecular flexibility index (Phi) is 7.73. The van der Waals surface area contributed by atoms with E-state index >= 15 is 4.39 Å². The number of rotatable bonds is 6. The van der Waals surface area contributed by atoms with Crippen molar-refractivity contribution in [2.75, 3.05) is 25.3 Å². The van der Waals surface area contributed by atoms with Crippen LogP contribution >= 0.6 is 23.2 Å². The summed E-state index contributed by atoms with van der Waals surface area (Å²) < 4.78 is 65.1. The van der Waals surface area contributed by atoms with Crippen LogP contribution in [0.25, 0.3) is 0 Å². The molecule has 3 heterocycles. The van der Waals surface area contributed by atoms with E-state index in [1.807, 2.05) is 0 Å². The first-order valence-electron chi connectivity index (χ1n) is 14.2. The molecule has 4 aliphatic rings. The van der Waals surface area contributed by atoms with E-state index in [0.29, 0.717) is 29.1 Å². The molecule has 2 aromatic carbocycles. The van der Waals surface area contributed by atoms with Crippen molar-refractivity contribution in [3.05, 3.63) is 63.1 Å². The summed E-state index contributed by atoms with van der Waals surface area (Å²) in [5.41, 5.74) is -4.29. The number of alkyl halides is 2. The Balaban J connectivity index is 1.50. The lowest BCUT2D eigenvalue weighted by atomic mass is 9.46. The predicted octanol–water partition coefficient (Wildman–Crippen LogP) is 4.72. The van der Waals surface area contributed by atoms with Gasteiger partial charge in [-0.05, 0) is 68.0 Å². The van der Waals surface area contributed by atoms with Crippen molar-refractivity contribution in [1.29, 1.82) is 0 Å². The van der Waals surface area contributed by atoms with Crippen LogP contribution in [0.2, 0.25) is 10.0 Å². The Labute approximate surface area is 255 Å². The lowest BCUT2D eigenvalue weighted by molar-refractivity contribution is -0.131. The molecule has 232 valence electrons. The number of carbonyl (C=O) groups excluding carboxylic acids is 2. The summed E-state index contributed by atoms with van der Waals surface area (Å²) in [6.07, 6.45) is -0.512. The number of benzene rings is 2. The average Bonchev–Trinajstić information content (AvgIpc) is 3.42. The molecule has 13 heteroatoms. The second-order valence-electron chi connectivity index (χ2n) is 12.4. The monoisotopic (exact) mass is 643 g/mol. The molecule has 0 aromatic heterocycles. The first kappa shape index (κ1) is 30.6. The Morgan fingerprint density at radius 3 is 2.51 bits per heavy atom. The Hall–Kier alpha value is -2.44. The van der Waals surface area contributed by atoms with E-state index in [1.165, 1.54) is 12.1 Å². The SMILES string of the molecule is CC(O)[C@@H]1CC[C@@H](NC(=O)[C@@H]2NC3(CC(CF)(CF)C3)[C@@]3(C(=O)Nc4cc(Cl)ccc43)[C@H]2c2cc(F)cc(Cl)c2F)CO1. The Morgan fingerprint density at radius 1 is 1.16 bits per heavy atom. The van der Waals surface area contributed by atoms with Crippen molar-refractivity contribution < 1.29 is 37.0 Å². The van der Waals surface area contributed by atoms with Crippen LogP contribution in [0.4, 0.5) is 23.2 Å². The van der Waals surface area contributed by atoms with Gasteiger partial charge in [0.1, 0.15) is 17.0 Å². The summed E-state index contributed by atoms with van der Waals surface area (Å²) in [4.78, 5) is 28.4. The Morgan fingerprint density at radius 2 is 1.88 bits per heavy atom. The maximum atomic E-state index is 15.9. The van der Waals surface area contributed by atoms with Crippen molar-refractivity contribution in [1.82, 2.24) is 10.6 Å². The molecule has 3 fully saturated rings. The minimum Gasteiger partial charge on any atom is -0.391 e. The number of fused-ring (bicyclic) bond motifs is 3. The lowest BCUT2D eigenvalue weighted by Crippen LogP contribution is -2.70. The van der Waals surface area contributed by atoms with Gasteiger partial charge in [0.25, 0.3) is 0 Å². The zero-order chi connectivity index (χ0) is 30.9. The number of ether oxygens (including phenoxy) is 1. The number of carbonyl (C=O) groups is 2. The smallest absolute Gasteiger partial charge is 0.238 e. The molecule has 3 aliphatic heterocycles. The molecule has 7 nitrogen and oxygen atoms in total. The predicted molar refractivity (Wildman–Crippen MR) is 152 cm³/mol. The van der Waals surface area contributed by atoms with E-state index in [4.69, 9.17) is 27.9 Å². The van der Waals surface area contributed by atoms with Crippen molar-refractivity contribution in [3.8, 4) is 0 Å². The quantitative estimate of drug-likeness (QED) is 0.270. The van der Waals surface area contributed by atoms with E-state index in [9.17, 15) is 27.9 Å². The second kappa shape index (κ2) is 10.9. The summed E-state index contributed by atoms with van der Waals surface area (Å²) >= 11 is 12.3. The van der Waals surface area contributed by atoms with Gasteiger partial charge in [0, 0.05) is 27.6 Å². The molecular formula is C30H31Cl2F4N3O4. The van der Waals surface area contributed by atoms with Crippen LogP contribution in [0.15, 0.2) is 30.3 Å². The van der Waals surface area contributed by atoms with Gasteiger partial charge in [0.05, 0.1) is 49.3 Å². The van der Waals surface area contributed by atoms with Gasteiger partial charge in [-0.1, -0.05) is 29.3 Å². The summed E-state index contributed by atoms with van der Waals surface area (Å²) in [6, 6.07) is 4.49. The van der Waals surface area contributed by atoms with Crippen molar-refractivity contribution in [3.63, 3.8) is 0 Å². The zero-order valence-electron chi connectivity index (χ0n) is 23.2. The third kappa shape index (κ3) is 4.57. The van der Waals surface area contributed by atoms with Gasteiger partial charge < -0.3 is 20.5 Å². The standard InChI is InChI=1S/C30H31Cl2F4N3O4/c1-14(40)22-5-3-17(9-43-22)37-26(41)25-23(18-7-16(35)8-20(32)24(18)36)30(29(39-25)10-28(11-29,12-33)13-34)19-4-2-15(31)6-21(19)38-27(30)42/h2,4,6-8,14,17,22-23,25,39-40H,3,5,9-13H2,1H3,(H,37,41)(H,38,42)/t14?,17-,22+,23+,25-,30-/m1/s1. The summed E-state index contributed by atoms with van der Waals surface area (Å²) in [5, 5.41) is 18.5. The molecule has 2 saturated heterocycles. The minimum absolute atomic E-state index is 0.101. The van der Waals surface area contributed by atoms with Crippen LogP contribution in [-0.2, 0) is 19.7 Å². The van der Waals surface area contributed by atoms with Crippen molar-refractivity contribution in [2.45, 2.75) is 73.8 Å². The van der Waals surface area contributed by atoms with Gasteiger partial charge in [-0.25, -0.2) is 8.78 Å². The number of aliphatic hydroxyl groups is 1. The van der Waals surface area contributed by atoms with Crippen molar-refractivity contribution >= 4 is 40.7 Å². The third-order valence-corrected chi connectivity index (χ3v) is 10.3. The number of aliphatic hydroxyl groups excluding tert-OH is 1. The third-order valence-electron chi connectivity index (χ3n) is 9.75. The molecule has 2 amide bonds. The second-order valence-corrected chi connectivity index (χ2v) is 13.3. The van der Waals surface area contributed by atoms with Crippen LogP contribution in [0, 0.1) is 17.0 Å². The summed E-state index contributed by atoms with van der Waals surface area (Å²) in [7, 11) is 0. The number of anilines is 1. The fraction of sp³-hybridized carbons (Fsp3) is 0.533. The zero-order valence-corrected chi connectivity index (χ0v) is 24.7. The van der Waals surface area contributed by atoms with E-state index < -0.39 is 88.4 Å². The van der Waals surface area contributed by atoms with Crippen LogP contribution in [-0.4, -0.2) is 66.7 Å². The van der Waals surface area contributed by atoms with Crippen molar-refractivity contribution in [2.24, 2.45) is 5.41 Å². The van der Waals surface area contributed by atoms with Gasteiger partial charge in [-0.3, -0.25) is 23.7 Å². The summed E-state index contributed by atoms with van der Waals surface area (Å²) in [6.45, 7) is -0.309. The van der Waals surface area contributed by atoms with Gasteiger partial charge in [0.2, 0.25) is 11.8 Å².